The largest absolute Gasteiger partial charge is 0.414 e. The van der Waals surface area contributed by atoms with Crippen molar-refractivity contribution in [1.29, 1.82) is 0 Å². The summed E-state index contributed by atoms with van der Waals surface area (Å²) in [4.78, 5) is 18.0. The van der Waals surface area contributed by atoms with E-state index in [-0.39, 0.29) is 5.89 Å². The van der Waals surface area contributed by atoms with E-state index in [1.54, 1.807) is 18.2 Å². The van der Waals surface area contributed by atoms with Gasteiger partial charge in [0.05, 0.1) is 12.3 Å². The molecule has 2 aromatic carbocycles. The third-order valence-corrected chi connectivity index (χ3v) is 4.42. The summed E-state index contributed by atoms with van der Waals surface area (Å²) in [5.74, 6) is 0.549. The minimum absolute atomic E-state index is 0.228. The molecule has 1 aromatic heterocycles. The van der Waals surface area contributed by atoms with Crippen LogP contribution in [0.25, 0.3) is 17.2 Å². The van der Waals surface area contributed by atoms with E-state index < -0.39 is 5.91 Å². The van der Waals surface area contributed by atoms with Crippen LogP contribution in [0.4, 0.5) is 0 Å². The summed E-state index contributed by atoms with van der Waals surface area (Å²) < 4.78 is 5.81. The highest BCUT2D eigenvalue weighted by atomic mass is 16.4. The molecule has 0 spiro atoms. The van der Waals surface area contributed by atoms with Gasteiger partial charge in [0.1, 0.15) is 5.82 Å². The molecule has 4 N–H and O–H groups in total. The van der Waals surface area contributed by atoms with E-state index in [2.05, 4.69) is 15.2 Å². The van der Waals surface area contributed by atoms with Crippen molar-refractivity contribution in [3.05, 3.63) is 77.4 Å². The Hall–Kier alpha value is -3.94. The fourth-order valence-electron chi connectivity index (χ4n) is 2.90. The van der Waals surface area contributed by atoms with Crippen molar-refractivity contribution in [2.24, 2.45) is 16.5 Å². The van der Waals surface area contributed by atoms with Crippen LogP contribution < -0.4 is 11.5 Å². The van der Waals surface area contributed by atoms with Crippen LogP contribution in [-0.4, -0.2) is 40.3 Å². The van der Waals surface area contributed by atoms with Crippen molar-refractivity contribution >= 4 is 17.3 Å². The maximum atomic E-state index is 11.5. The fourth-order valence-corrected chi connectivity index (χ4v) is 2.90. The van der Waals surface area contributed by atoms with Gasteiger partial charge < -0.3 is 20.8 Å². The van der Waals surface area contributed by atoms with E-state index in [0.717, 1.165) is 11.1 Å². The molecule has 28 heavy (non-hydrogen) atoms. The number of nitrogens with two attached hydrogens (primary N) is 2. The van der Waals surface area contributed by atoms with Gasteiger partial charge in [-0.2, -0.15) is 0 Å². The molecule has 140 valence electrons. The zero-order valence-corrected chi connectivity index (χ0v) is 15.2. The first-order chi connectivity index (χ1) is 13.5. The van der Waals surface area contributed by atoms with Crippen LogP contribution in [0.1, 0.15) is 21.8 Å². The number of aromatic nitrogens is 2. The smallest absolute Gasteiger partial charge is 0.270 e. The number of carbonyl (C=O) groups excluding carboxylic acids is 1. The van der Waals surface area contributed by atoms with Gasteiger partial charge in [-0.05, 0) is 29.8 Å². The number of likely N-dealkylation sites (N-methyl/N-ethyl adjacent to an activating group) is 1. The molecule has 1 amide bonds. The van der Waals surface area contributed by atoms with Crippen LogP contribution in [0.15, 0.2) is 69.8 Å². The average molecular weight is 374 g/mol. The maximum absolute atomic E-state index is 11.5. The molecule has 8 heteroatoms. The number of hydrogen-bond acceptors (Lipinski definition) is 7. The van der Waals surface area contributed by atoms with Crippen LogP contribution in [0, 0.1) is 0 Å². The van der Waals surface area contributed by atoms with Crippen LogP contribution in [-0.2, 0) is 0 Å². The van der Waals surface area contributed by atoms with Crippen LogP contribution in [0.3, 0.4) is 0 Å². The molecule has 8 nitrogen and oxygen atoms in total. The number of hydrogen-bond donors (Lipinski definition) is 2. The first-order valence-corrected chi connectivity index (χ1v) is 8.61. The van der Waals surface area contributed by atoms with E-state index in [0.29, 0.717) is 35.2 Å². The quantitative estimate of drug-likeness (QED) is 0.718. The predicted molar refractivity (Wildman–Crippen MR) is 105 cm³/mol. The molecule has 0 saturated heterocycles. The minimum atomic E-state index is -0.494. The number of primary amides is 1. The predicted octanol–water partition coefficient (Wildman–Crippen LogP) is 1.86. The number of benzene rings is 2. The third-order valence-electron chi connectivity index (χ3n) is 4.42. The monoisotopic (exact) mass is 374 g/mol. The maximum Gasteiger partial charge on any atom is 0.270 e. The van der Waals surface area contributed by atoms with Gasteiger partial charge in [-0.15, -0.1) is 10.2 Å². The topological polar surface area (TPSA) is 124 Å². The summed E-state index contributed by atoms with van der Waals surface area (Å²) >= 11 is 0. The van der Waals surface area contributed by atoms with Crippen molar-refractivity contribution < 1.29 is 9.21 Å². The van der Waals surface area contributed by atoms with Crippen molar-refractivity contribution in [2.45, 2.75) is 0 Å². The molecule has 1 aliphatic heterocycles. The van der Waals surface area contributed by atoms with E-state index in [1.165, 1.54) is 0 Å². The second kappa shape index (κ2) is 6.99. The van der Waals surface area contributed by atoms with Gasteiger partial charge in [0.15, 0.2) is 5.70 Å². The lowest BCUT2D eigenvalue weighted by Crippen LogP contribution is -2.34. The summed E-state index contributed by atoms with van der Waals surface area (Å²) in [5.41, 5.74) is 14.7. The normalized spacial score (nSPS) is 14.2. The van der Waals surface area contributed by atoms with Gasteiger partial charge in [-0.1, -0.05) is 30.3 Å². The highest BCUT2D eigenvalue weighted by Gasteiger charge is 2.24. The molecule has 2 heterocycles. The summed E-state index contributed by atoms with van der Waals surface area (Å²) in [5, 5.41) is 8.21. The van der Waals surface area contributed by atoms with Crippen molar-refractivity contribution in [3.63, 3.8) is 0 Å². The highest BCUT2D eigenvalue weighted by molar-refractivity contribution is 6.07. The van der Waals surface area contributed by atoms with Gasteiger partial charge in [-0.3, -0.25) is 4.79 Å². The lowest BCUT2D eigenvalue weighted by atomic mass is 10.0. The second-order valence-corrected chi connectivity index (χ2v) is 6.37. The second-order valence-electron chi connectivity index (χ2n) is 6.37. The molecular weight excluding hydrogens is 356 g/mol. The molecular formula is C20H18N6O2. The zero-order chi connectivity index (χ0) is 19.7. The average Bonchev–Trinajstić information content (AvgIpc) is 3.20. The van der Waals surface area contributed by atoms with E-state index in [1.807, 2.05) is 48.3 Å². The SMILES string of the molecule is CN1CC(c2cccc(C(N)=O)c2)=NC(c2nnc(-c3ccccc3)o2)=C1N. The van der Waals surface area contributed by atoms with E-state index in [9.17, 15) is 4.79 Å². The third kappa shape index (κ3) is 3.23. The molecule has 0 unspecified atom stereocenters. The lowest BCUT2D eigenvalue weighted by molar-refractivity contribution is 0.100. The van der Waals surface area contributed by atoms with Gasteiger partial charge in [0, 0.05) is 18.2 Å². The molecule has 3 aromatic rings. The molecule has 0 atom stereocenters. The molecule has 0 radical (unpaired) electrons. The Balaban J connectivity index is 1.74. The Morgan fingerprint density at radius 3 is 2.50 bits per heavy atom. The summed E-state index contributed by atoms with van der Waals surface area (Å²) in [6.07, 6.45) is 0. The summed E-state index contributed by atoms with van der Waals surface area (Å²) in [6, 6.07) is 16.4. The fraction of sp³-hybridized carbons (Fsp3) is 0.100. The lowest BCUT2D eigenvalue weighted by Gasteiger charge is -2.26. The minimum Gasteiger partial charge on any atom is -0.414 e. The van der Waals surface area contributed by atoms with Gasteiger partial charge in [-0.25, -0.2) is 4.99 Å². The Morgan fingerprint density at radius 1 is 1.04 bits per heavy atom. The number of carbonyl (C=O) groups is 1. The van der Waals surface area contributed by atoms with Crippen LogP contribution >= 0.6 is 0 Å². The van der Waals surface area contributed by atoms with Gasteiger partial charge in [0.25, 0.3) is 5.89 Å². The number of rotatable bonds is 4. The summed E-state index contributed by atoms with van der Waals surface area (Å²) in [7, 11) is 1.84. The first kappa shape index (κ1) is 17.5. The van der Waals surface area contributed by atoms with Gasteiger partial charge >= 0.3 is 0 Å². The Bertz CT molecular complexity index is 1100. The molecule has 1 aliphatic rings. The van der Waals surface area contributed by atoms with Gasteiger partial charge in [0.2, 0.25) is 11.8 Å². The molecule has 0 aliphatic carbocycles. The Morgan fingerprint density at radius 2 is 1.75 bits per heavy atom. The molecule has 0 fully saturated rings. The Labute approximate surface area is 161 Å². The number of amides is 1. The Kier molecular flexibility index (Phi) is 4.36. The zero-order valence-electron chi connectivity index (χ0n) is 15.2. The van der Waals surface area contributed by atoms with E-state index >= 15 is 0 Å². The highest BCUT2D eigenvalue weighted by Crippen LogP contribution is 2.27. The van der Waals surface area contributed by atoms with Crippen molar-refractivity contribution in [3.8, 4) is 11.5 Å². The molecule has 0 bridgehead atoms. The van der Waals surface area contributed by atoms with E-state index in [4.69, 9.17) is 15.9 Å². The van der Waals surface area contributed by atoms with Crippen molar-refractivity contribution in [2.75, 3.05) is 13.6 Å². The summed E-state index contributed by atoms with van der Waals surface area (Å²) in [6.45, 7) is 0.469. The number of nitrogens with zero attached hydrogens (tertiary/aromatic N) is 4. The standard InChI is InChI=1S/C20H18N6O2/c1-26-11-15(13-8-5-9-14(10-13)18(22)27)23-16(17(26)21)20-25-24-19(28-20)12-6-3-2-4-7-12/h2-10H,11,21H2,1H3,(H2,22,27). The molecule has 4 rings (SSSR count). The van der Waals surface area contributed by atoms with Crippen LogP contribution in [0.2, 0.25) is 0 Å². The first-order valence-electron chi connectivity index (χ1n) is 8.61. The number of aliphatic imine (C=N–C) groups is 1. The molecule has 0 saturated carbocycles. The van der Waals surface area contributed by atoms with Crippen molar-refractivity contribution in [1.82, 2.24) is 15.1 Å². The van der Waals surface area contributed by atoms with Crippen LogP contribution in [0.5, 0.6) is 0 Å².